The van der Waals surface area contributed by atoms with Gasteiger partial charge >= 0.3 is 6.18 Å². The third-order valence-electron chi connectivity index (χ3n) is 11.3. The van der Waals surface area contributed by atoms with Crippen LogP contribution >= 0.6 is 0 Å². The molecule has 50 heavy (non-hydrogen) atoms. The summed E-state index contributed by atoms with van der Waals surface area (Å²) in [5.74, 6) is -2.58. The Balaban J connectivity index is 1.20. The molecule has 1 aromatic heterocycles. The number of carbonyl (C=O) groups is 3. The first-order chi connectivity index (χ1) is 23.7. The van der Waals surface area contributed by atoms with E-state index in [0.717, 1.165) is 23.6 Å². The van der Waals surface area contributed by atoms with E-state index in [1.54, 1.807) is 11.0 Å². The van der Waals surface area contributed by atoms with Gasteiger partial charge in [-0.2, -0.15) is 13.2 Å². The van der Waals surface area contributed by atoms with E-state index in [0.29, 0.717) is 51.6 Å². The number of carbonyl (C=O) groups excluding carboxylic acids is 3. The molecule has 7 rings (SSSR count). The van der Waals surface area contributed by atoms with Gasteiger partial charge in [-0.05, 0) is 44.2 Å². The van der Waals surface area contributed by atoms with Gasteiger partial charge in [0, 0.05) is 83.0 Å². The van der Waals surface area contributed by atoms with E-state index in [1.165, 1.54) is 37.1 Å². The Morgan fingerprint density at radius 2 is 1.92 bits per heavy atom. The van der Waals surface area contributed by atoms with E-state index in [9.17, 15) is 27.6 Å². The Kier molecular flexibility index (Phi) is 8.66. The standard InChI is InChI=1S/C35H41F4N7O4/c1-5-29(47)44-19-34(20-44)22(3)42(17-25-18-50-12-11-45(25)34)9-10-43-16-23-14-30(48)46(28-15-24(35(37,38)39)13-21(2)40-28)31(23)33(49)41(4)27-8-6-7-26(36)32(27)43/h5-8,13,15,22-23,25,31H,1,9-12,14,16-20H2,2-4H3/t22-,23-,25+,31+/m1/s1. The first-order valence-corrected chi connectivity index (χ1v) is 16.9. The molecule has 0 unspecified atom stereocenters. The molecule has 6 heterocycles. The van der Waals surface area contributed by atoms with Crippen molar-refractivity contribution in [3.8, 4) is 0 Å². The number of likely N-dealkylation sites (N-methyl/N-ethyl adjacent to an activating group) is 1. The van der Waals surface area contributed by atoms with Crippen molar-refractivity contribution >= 4 is 34.9 Å². The fourth-order valence-corrected chi connectivity index (χ4v) is 8.75. The highest BCUT2D eigenvalue weighted by atomic mass is 19.4. The van der Waals surface area contributed by atoms with Gasteiger partial charge in [0.1, 0.15) is 17.7 Å². The molecule has 0 saturated carbocycles. The van der Waals surface area contributed by atoms with E-state index in [4.69, 9.17) is 4.74 Å². The largest absolute Gasteiger partial charge is 0.416 e. The molecule has 5 aliphatic heterocycles. The maximum absolute atomic E-state index is 15.8. The number of morpholine rings is 1. The highest BCUT2D eigenvalue weighted by Gasteiger charge is 2.59. The molecule has 15 heteroatoms. The number of anilines is 3. The molecule has 268 valence electrons. The van der Waals surface area contributed by atoms with E-state index in [2.05, 4.69) is 28.3 Å². The van der Waals surface area contributed by atoms with Crippen molar-refractivity contribution in [3.05, 3.63) is 60.1 Å². The van der Waals surface area contributed by atoms with Crippen LogP contribution < -0.4 is 14.7 Å². The van der Waals surface area contributed by atoms with E-state index >= 15 is 4.39 Å². The second kappa shape index (κ2) is 12.6. The molecule has 0 N–H and O–H groups in total. The third-order valence-corrected chi connectivity index (χ3v) is 11.3. The second-order valence-electron chi connectivity index (χ2n) is 14.1. The van der Waals surface area contributed by atoms with Crippen molar-refractivity contribution in [2.75, 3.05) is 80.8 Å². The normalized spacial score (nSPS) is 27.0. The monoisotopic (exact) mass is 699 g/mol. The predicted molar refractivity (Wildman–Crippen MR) is 177 cm³/mol. The molecule has 4 atom stereocenters. The van der Waals surface area contributed by atoms with Gasteiger partial charge in [0.25, 0.3) is 0 Å². The van der Waals surface area contributed by atoms with Gasteiger partial charge < -0.3 is 19.4 Å². The molecule has 1 spiro atoms. The highest BCUT2D eigenvalue weighted by Crippen LogP contribution is 2.43. The number of hydrogen-bond donors (Lipinski definition) is 0. The minimum absolute atomic E-state index is 0.0383. The molecule has 11 nitrogen and oxygen atoms in total. The zero-order valence-electron chi connectivity index (χ0n) is 28.3. The van der Waals surface area contributed by atoms with Gasteiger partial charge in [-0.3, -0.25) is 29.1 Å². The quantitative estimate of drug-likeness (QED) is 0.348. The summed E-state index contributed by atoms with van der Waals surface area (Å²) in [6.45, 7) is 11.9. The number of benzene rings is 1. The molecular weight excluding hydrogens is 658 g/mol. The zero-order chi connectivity index (χ0) is 35.7. The number of likely N-dealkylation sites (tertiary alicyclic amines) is 1. The number of ether oxygens (including phenoxy) is 1. The number of pyridine rings is 1. The number of para-hydroxylation sites is 1. The van der Waals surface area contributed by atoms with Crippen LogP contribution in [0.25, 0.3) is 0 Å². The molecule has 0 aliphatic carbocycles. The number of alkyl halides is 3. The summed E-state index contributed by atoms with van der Waals surface area (Å²) < 4.78 is 63.1. The minimum Gasteiger partial charge on any atom is -0.378 e. The van der Waals surface area contributed by atoms with Crippen LogP contribution in [0.5, 0.6) is 0 Å². The van der Waals surface area contributed by atoms with E-state index < -0.39 is 41.3 Å². The van der Waals surface area contributed by atoms with Crippen molar-refractivity contribution in [1.29, 1.82) is 0 Å². The van der Waals surface area contributed by atoms with Crippen molar-refractivity contribution < 1.29 is 36.7 Å². The maximum atomic E-state index is 15.8. The topological polar surface area (TPSA) is 92.8 Å². The van der Waals surface area contributed by atoms with Crippen LogP contribution in [-0.4, -0.2) is 127 Å². The number of rotatable bonds is 5. The molecule has 4 fully saturated rings. The molecule has 4 saturated heterocycles. The van der Waals surface area contributed by atoms with Crippen LogP contribution in [0, 0.1) is 18.7 Å². The van der Waals surface area contributed by atoms with Crippen molar-refractivity contribution in [2.45, 2.75) is 50.1 Å². The van der Waals surface area contributed by atoms with Crippen LogP contribution in [0.1, 0.15) is 24.6 Å². The number of aryl methyl sites for hydroxylation is 1. The third kappa shape index (κ3) is 5.63. The fraction of sp³-hybridized carbons (Fsp3) is 0.543. The fourth-order valence-electron chi connectivity index (χ4n) is 8.75. The maximum Gasteiger partial charge on any atom is 0.416 e. The number of aromatic nitrogens is 1. The summed E-state index contributed by atoms with van der Waals surface area (Å²) in [6.07, 6.45) is -3.47. The van der Waals surface area contributed by atoms with Crippen LogP contribution in [0.3, 0.4) is 0 Å². The summed E-state index contributed by atoms with van der Waals surface area (Å²) in [7, 11) is 1.49. The second-order valence-corrected chi connectivity index (χ2v) is 14.1. The summed E-state index contributed by atoms with van der Waals surface area (Å²) >= 11 is 0. The lowest BCUT2D eigenvalue weighted by Crippen LogP contribution is -2.84. The molecule has 2 aromatic rings. The Morgan fingerprint density at radius 1 is 1.16 bits per heavy atom. The number of halogens is 4. The van der Waals surface area contributed by atoms with Crippen LogP contribution in [-0.2, 0) is 25.3 Å². The number of amides is 3. The Bertz CT molecular complexity index is 1720. The number of nitrogens with zero attached hydrogens (tertiary/aromatic N) is 7. The Labute approximate surface area is 288 Å². The summed E-state index contributed by atoms with van der Waals surface area (Å²) in [5.41, 5.74) is -0.652. The number of fused-ring (bicyclic) bond motifs is 4. The van der Waals surface area contributed by atoms with Gasteiger partial charge in [0.15, 0.2) is 0 Å². The van der Waals surface area contributed by atoms with Crippen molar-refractivity contribution in [3.63, 3.8) is 0 Å². The summed E-state index contributed by atoms with van der Waals surface area (Å²) in [6, 6.07) is 5.18. The first kappa shape index (κ1) is 34.4. The van der Waals surface area contributed by atoms with Crippen molar-refractivity contribution in [1.82, 2.24) is 19.7 Å². The van der Waals surface area contributed by atoms with Gasteiger partial charge in [0.2, 0.25) is 17.7 Å². The number of piperazine rings is 1. The van der Waals surface area contributed by atoms with Gasteiger partial charge in [-0.1, -0.05) is 12.6 Å². The molecule has 5 aliphatic rings. The lowest BCUT2D eigenvalue weighted by Gasteiger charge is -2.66. The highest BCUT2D eigenvalue weighted by molar-refractivity contribution is 6.10. The average Bonchev–Trinajstić information content (AvgIpc) is 3.38. The average molecular weight is 700 g/mol. The zero-order valence-corrected chi connectivity index (χ0v) is 28.3. The lowest BCUT2D eigenvalue weighted by atomic mass is 9.76. The van der Waals surface area contributed by atoms with Gasteiger partial charge in [0.05, 0.1) is 35.7 Å². The van der Waals surface area contributed by atoms with Crippen LogP contribution in [0.2, 0.25) is 0 Å². The van der Waals surface area contributed by atoms with E-state index in [1.807, 2.05) is 4.90 Å². The molecule has 0 bridgehead atoms. The molecular formula is C35H41F4N7O4. The SMILES string of the molecule is C=CC(=O)N1CC2(C1)[C@@H](C)N(CCN1C[C@H]3CC(=O)N(c4cc(C(F)(F)F)cc(C)n4)[C@@H]3C(=O)N(C)c3cccc(F)c31)C[C@H]1COCCN12. The molecule has 3 amide bonds. The Hall–Kier alpha value is -4.08. The molecule has 1 aromatic carbocycles. The number of hydrogen-bond acceptors (Lipinski definition) is 8. The minimum atomic E-state index is -4.68. The van der Waals surface area contributed by atoms with Crippen molar-refractivity contribution in [2.24, 2.45) is 5.92 Å². The Morgan fingerprint density at radius 3 is 2.64 bits per heavy atom. The van der Waals surface area contributed by atoms with Gasteiger partial charge in [-0.15, -0.1) is 0 Å². The predicted octanol–water partition coefficient (Wildman–Crippen LogP) is 2.92. The molecule has 0 radical (unpaired) electrons. The van der Waals surface area contributed by atoms with Gasteiger partial charge in [-0.25, -0.2) is 9.37 Å². The smallest absolute Gasteiger partial charge is 0.378 e. The first-order valence-electron chi connectivity index (χ1n) is 16.9. The lowest BCUT2D eigenvalue weighted by molar-refractivity contribution is -0.190. The van der Waals surface area contributed by atoms with E-state index in [-0.39, 0.29) is 53.7 Å². The summed E-state index contributed by atoms with van der Waals surface area (Å²) in [5, 5.41) is 0. The van der Waals surface area contributed by atoms with Crippen LogP contribution in [0.15, 0.2) is 43.0 Å². The van der Waals surface area contributed by atoms with Crippen LogP contribution in [0.4, 0.5) is 34.8 Å². The summed E-state index contributed by atoms with van der Waals surface area (Å²) in [4.78, 5) is 55.3.